The highest BCUT2D eigenvalue weighted by Gasteiger charge is 2.13. The monoisotopic (exact) mass is 300 g/mol. The minimum atomic E-state index is -0.340. The summed E-state index contributed by atoms with van der Waals surface area (Å²) in [5.41, 5.74) is 0.735. The van der Waals surface area contributed by atoms with Crippen LogP contribution in [0, 0.1) is 0 Å². The summed E-state index contributed by atoms with van der Waals surface area (Å²) in [4.78, 5) is 23.4. The van der Waals surface area contributed by atoms with Gasteiger partial charge >= 0.3 is 12.0 Å². The number of anilines is 1. The lowest BCUT2D eigenvalue weighted by atomic mass is 10.1. The van der Waals surface area contributed by atoms with Crippen LogP contribution in [0.3, 0.4) is 0 Å². The van der Waals surface area contributed by atoms with Gasteiger partial charge in [0.05, 0.1) is 18.7 Å². The first-order valence-corrected chi connectivity index (χ1v) is 7.31. The smallest absolute Gasteiger partial charge is 0.319 e. The lowest BCUT2D eigenvalue weighted by Gasteiger charge is -2.15. The molecule has 0 aromatic heterocycles. The number of benzene rings is 2. The summed E-state index contributed by atoms with van der Waals surface area (Å²) in [6, 6.07) is 12.9. The molecule has 0 saturated heterocycles. The van der Waals surface area contributed by atoms with Gasteiger partial charge in [-0.05, 0) is 25.3 Å². The van der Waals surface area contributed by atoms with Gasteiger partial charge in [-0.15, -0.1) is 0 Å². The van der Waals surface area contributed by atoms with Gasteiger partial charge in [0.1, 0.15) is 0 Å². The van der Waals surface area contributed by atoms with Crippen LogP contribution in [0.1, 0.15) is 20.3 Å². The third-order valence-corrected chi connectivity index (χ3v) is 3.19. The van der Waals surface area contributed by atoms with Crippen LogP contribution in [-0.2, 0) is 9.53 Å². The van der Waals surface area contributed by atoms with Crippen molar-refractivity contribution in [2.45, 2.75) is 26.3 Å². The molecule has 0 aliphatic rings. The average Bonchev–Trinajstić information content (AvgIpc) is 2.47. The molecule has 0 heterocycles. The van der Waals surface area contributed by atoms with E-state index in [4.69, 9.17) is 4.74 Å². The van der Waals surface area contributed by atoms with Crippen molar-refractivity contribution >= 4 is 28.5 Å². The quantitative estimate of drug-likeness (QED) is 0.833. The normalized spacial score (nSPS) is 11.7. The van der Waals surface area contributed by atoms with E-state index in [1.165, 1.54) is 0 Å². The second-order valence-corrected chi connectivity index (χ2v) is 5.04. The van der Waals surface area contributed by atoms with Crippen LogP contribution < -0.4 is 10.6 Å². The maximum atomic E-state index is 12.0. The summed E-state index contributed by atoms with van der Waals surface area (Å²) < 4.78 is 4.86. The van der Waals surface area contributed by atoms with Crippen LogP contribution in [0.2, 0.25) is 0 Å². The molecule has 5 heteroatoms. The molecule has 0 aliphatic heterocycles. The molecule has 2 N–H and O–H groups in total. The zero-order valence-corrected chi connectivity index (χ0v) is 12.8. The molecular weight excluding hydrogens is 280 g/mol. The zero-order chi connectivity index (χ0) is 15.9. The number of esters is 1. The molecule has 0 radical (unpaired) electrons. The van der Waals surface area contributed by atoms with E-state index in [0.717, 1.165) is 16.5 Å². The maximum absolute atomic E-state index is 12.0. The van der Waals surface area contributed by atoms with Gasteiger partial charge in [0.2, 0.25) is 0 Å². The third-order valence-electron chi connectivity index (χ3n) is 3.19. The summed E-state index contributed by atoms with van der Waals surface area (Å²) in [7, 11) is 0. The number of urea groups is 1. The molecule has 2 rings (SSSR count). The summed E-state index contributed by atoms with van der Waals surface area (Å²) in [5.74, 6) is -0.319. The third kappa shape index (κ3) is 4.22. The van der Waals surface area contributed by atoms with Crippen molar-refractivity contribution in [1.29, 1.82) is 0 Å². The van der Waals surface area contributed by atoms with E-state index in [1.807, 2.05) is 42.5 Å². The van der Waals surface area contributed by atoms with E-state index in [9.17, 15) is 9.59 Å². The van der Waals surface area contributed by atoms with Gasteiger partial charge in [0.25, 0.3) is 0 Å². The van der Waals surface area contributed by atoms with Gasteiger partial charge in [-0.3, -0.25) is 4.79 Å². The number of carbonyl (C=O) groups is 2. The molecular formula is C17H20N2O3. The van der Waals surface area contributed by atoms with E-state index in [1.54, 1.807) is 13.8 Å². The van der Waals surface area contributed by atoms with E-state index < -0.39 is 0 Å². The van der Waals surface area contributed by atoms with Gasteiger partial charge < -0.3 is 15.4 Å². The molecule has 1 unspecified atom stereocenters. The maximum Gasteiger partial charge on any atom is 0.319 e. The molecule has 0 bridgehead atoms. The first-order valence-electron chi connectivity index (χ1n) is 7.31. The molecule has 0 aliphatic carbocycles. The molecule has 2 aromatic rings. The Labute approximate surface area is 129 Å². The van der Waals surface area contributed by atoms with Gasteiger partial charge in [0, 0.05) is 11.4 Å². The van der Waals surface area contributed by atoms with Crippen molar-refractivity contribution in [3.8, 4) is 0 Å². The standard InChI is InChI=1S/C17H20N2O3/c1-3-22-16(20)11-12(2)18-17(21)19-15-10-6-8-13-7-4-5-9-14(13)15/h4-10,12H,3,11H2,1-2H3,(H2,18,19,21). The highest BCUT2D eigenvalue weighted by Crippen LogP contribution is 2.22. The fourth-order valence-electron chi connectivity index (χ4n) is 2.24. The second-order valence-electron chi connectivity index (χ2n) is 5.04. The van der Waals surface area contributed by atoms with Crippen molar-refractivity contribution in [3.05, 3.63) is 42.5 Å². The molecule has 0 saturated carbocycles. The van der Waals surface area contributed by atoms with Crippen molar-refractivity contribution in [3.63, 3.8) is 0 Å². The lowest BCUT2D eigenvalue weighted by Crippen LogP contribution is -2.37. The SMILES string of the molecule is CCOC(=O)CC(C)NC(=O)Nc1cccc2ccccc12. The van der Waals surface area contributed by atoms with Gasteiger partial charge in [0.15, 0.2) is 0 Å². The largest absolute Gasteiger partial charge is 0.466 e. The average molecular weight is 300 g/mol. The number of hydrogen-bond acceptors (Lipinski definition) is 3. The van der Waals surface area contributed by atoms with Crippen molar-refractivity contribution in [1.82, 2.24) is 5.32 Å². The first kappa shape index (κ1) is 15.8. The summed E-state index contributed by atoms with van der Waals surface area (Å²) in [6.45, 7) is 3.86. The first-order chi connectivity index (χ1) is 10.6. The van der Waals surface area contributed by atoms with Crippen LogP contribution in [0.5, 0.6) is 0 Å². The number of nitrogens with one attached hydrogen (secondary N) is 2. The fourth-order valence-corrected chi connectivity index (χ4v) is 2.24. The fraction of sp³-hybridized carbons (Fsp3) is 0.294. The molecule has 5 nitrogen and oxygen atoms in total. The van der Waals surface area contributed by atoms with Gasteiger partial charge in [-0.1, -0.05) is 36.4 Å². The zero-order valence-electron chi connectivity index (χ0n) is 12.8. The summed E-state index contributed by atoms with van der Waals surface area (Å²) >= 11 is 0. The summed E-state index contributed by atoms with van der Waals surface area (Å²) in [6.07, 6.45) is 0.150. The van der Waals surface area contributed by atoms with Crippen LogP contribution in [0.4, 0.5) is 10.5 Å². The van der Waals surface area contributed by atoms with Crippen LogP contribution in [-0.4, -0.2) is 24.6 Å². The van der Waals surface area contributed by atoms with Crippen LogP contribution in [0.15, 0.2) is 42.5 Å². The van der Waals surface area contributed by atoms with Gasteiger partial charge in [-0.25, -0.2) is 4.79 Å². The molecule has 1 atom stereocenters. The lowest BCUT2D eigenvalue weighted by molar-refractivity contribution is -0.143. The molecule has 22 heavy (non-hydrogen) atoms. The number of fused-ring (bicyclic) bond motifs is 1. The Morgan fingerprint density at radius 1 is 1.14 bits per heavy atom. The Morgan fingerprint density at radius 3 is 2.64 bits per heavy atom. The molecule has 0 spiro atoms. The molecule has 116 valence electrons. The minimum Gasteiger partial charge on any atom is -0.466 e. The Hall–Kier alpha value is -2.56. The second kappa shape index (κ2) is 7.45. The topological polar surface area (TPSA) is 67.4 Å². The summed E-state index contributed by atoms with van der Waals surface area (Å²) in [5, 5.41) is 7.58. The van der Waals surface area contributed by atoms with E-state index in [0.29, 0.717) is 6.61 Å². The highest BCUT2D eigenvalue weighted by molar-refractivity contribution is 6.01. The Morgan fingerprint density at radius 2 is 1.86 bits per heavy atom. The van der Waals surface area contributed by atoms with Gasteiger partial charge in [-0.2, -0.15) is 0 Å². The Bertz CT molecular complexity index is 665. The van der Waals surface area contributed by atoms with E-state index in [-0.39, 0.29) is 24.5 Å². The number of ether oxygens (including phenoxy) is 1. The number of rotatable bonds is 5. The number of hydrogen-bond donors (Lipinski definition) is 2. The predicted octanol–water partition coefficient (Wildman–Crippen LogP) is 3.30. The van der Waals surface area contributed by atoms with E-state index >= 15 is 0 Å². The van der Waals surface area contributed by atoms with Crippen molar-refractivity contribution in [2.75, 3.05) is 11.9 Å². The van der Waals surface area contributed by atoms with Crippen molar-refractivity contribution < 1.29 is 14.3 Å². The van der Waals surface area contributed by atoms with Crippen LogP contribution >= 0.6 is 0 Å². The van der Waals surface area contributed by atoms with Crippen molar-refractivity contribution in [2.24, 2.45) is 0 Å². The Kier molecular flexibility index (Phi) is 5.36. The van der Waals surface area contributed by atoms with Crippen LogP contribution in [0.25, 0.3) is 10.8 Å². The predicted molar refractivity (Wildman–Crippen MR) is 86.8 cm³/mol. The number of amides is 2. The highest BCUT2D eigenvalue weighted by atomic mass is 16.5. The minimum absolute atomic E-state index is 0.150. The molecule has 2 amide bonds. The molecule has 2 aromatic carbocycles. The Balaban J connectivity index is 1.98. The van der Waals surface area contributed by atoms with E-state index in [2.05, 4.69) is 10.6 Å². The molecule has 0 fully saturated rings. The number of carbonyl (C=O) groups excluding carboxylic acids is 2.